The van der Waals surface area contributed by atoms with Gasteiger partial charge in [-0.05, 0) is 77.2 Å². The van der Waals surface area contributed by atoms with Crippen LogP contribution in [-0.2, 0) is 6.18 Å². The number of aryl methyl sites for hydroxylation is 1. The molecule has 7 heteroatoms. The summed E-state index contributed by atoms with van der Waals surface area (Å²) in [7, 11) is 0. The Labute approximate surface area is 309 Å². The highest BCUT2D eigenvalue weighted by Crippen LogP contribution is 2.40. The number of fused-ring (bicyclic) bond motifs is 3. The Morgan fingerprint density at radius 1 is 0.426 bits per heavy atom. The van der Waals surface area contributed by atoms with Crippen molar-refractivity contribution in [1.82, 2.24) is 19.5 Å². The standard InChI is InChI=1S/C47H31F3N4/c1-30-12-8-9-17-37(30)34-22-26-39-38-18-10-11-19-42(38)54(43(39)28-34)36-25-27-40(41(29-36)31-20-23-35(24-21-31)47(48,49)50)46-52-44(32-13-4-2-5-14-32)51-45(53-46)33-15-6-3-7-16-33/h2-29H,1H3. The van der Waals surface area contributed by atoms with Crippen molar-refractivity contribution in [1.29, 1.82) is 0 Å². The van der Waals surface area contributed by atoms with Gasteiger partial charge in [-0.15, -0.1) is 0 Å². The fourth-order valence-electron chi connectivity index (χ4n) is 7.19. The van der Waals surface area contributed by atoms with E-state index in [9.17, 15) is 13.2 Å². The van der Waals surface area contributed by atoms with Crippen LogP contribution in [-0.4, -0.2) is 19.5 Å². The van der Waals surface area contributed by atoms with Crippen LogP contribution in [0.5, 0.6) is 0 Å². The third kappa shape index (κ3) is 5.99. The Bertz CT molecular complexity index is 2750. The second-order valence-electron chi connectivity index (χ2n) is 13.2. The predicted octanol–water partition coefficient (Wildman–Crippen LogP) is 12.6. The molecule has 0 amide bonds. The molecule has 0 N–H and O–H groups in total. The molecule has 0 aliphatic heterocycles. The first-order valence-corrected chi connectivity index (χ1v) is 17.6. The van der Waals surface area contributed by atoms with Gasteiger partial charge in [0.05, 0.1) is 16.6 Å². The fraction of sp³-hybridized carbons (Fsp3) is 0.0426. The maximum absolute atomic E-state index is 13.8. The van der Waals surface area contributed by atoms with Gasteiger partial charge in [-0.25, -0.2) is 15.0 Å². The van der Waals surface area contributed by atoms with E-state index in [2.05, 4.69) is 54.0 Å². The van der Waals surface area contributed by atoms with Crippen LogP contribution in [0.3, 0.4) is 0 Å². The van der Waals surface area contributed by atoms with E-state index in [0.717, 1.165) is 61.9 Å². The lowest BCUT2D eigenvalue weighted by Gasteiger charge is -2.16. The number of hydrogen-bond acceptors (Lipinski definition) is 3. The van der Waals surface area contributed by atoms with Crippen molar-refractivity contribution >= 4 is 21.8 Å². The second kappa shape index (κ2) is 13.3. The number of rotatable bonds is 6. The van der Waals surface area contributed by atoms with E-state index in [1.165, 1.54) is 17.7 Å². The Morgan fingerprint density at radius 3 is 1.67 bits per heavy atom. The lowest BCUT2D eigenvalue weighted by Crippen LogP contribution is -2.04. The second-order valence-corrected chi connectivity index (χ2v) is 13.2. The number of hydrogen-bond donors (Lipinski definition) is 0. The number of benzene rings is 7. The lowest BCUT2D eigenvalue weighted by atomic mass is 9.96. The molecule has 0 radical (unpaired) electrons. The van der Waals surface area contributed by atoms with E-state index in [1.54, 1.807) is 0 Å². The highest BCUT2D eigenvalue weighted by Gasteiger charge is 2.30. The molecule has 0 aliphatic carbocycles. The van der Waals surface area contributed by atoms with Crippen LogP contribution in [0.25, 0.3) is 83.9 Å². The van der Waals surface area contributed by atoms with Gasteiger partial charge in [-0.2, -0.15) is 13.2 Å². The lowest BCUT2D eigenvalue weighted by molar-refractivity contribution is -0.137. The first kappa shape index (κ1) is 33.0. The molecule has 0 aliphatic rings. The molecule has 9 rings (SSSR count). The van der Waals surface area contributed by atoms with Crippen LogP contribution in [0.4, 0.5) is 13.2 Å². The maximum Gasteiger partial charge on any atom is 0.416 e. The zero-order valence-corrected chi connectivity index (χ0v) is 29.1. The highest BCUT2D eigenvalue weighted by atomic mass is 19.4. The summed E-state index contributed by atoms with van der Waals surface area (Å²) in [4.78, 5) is 14.8. The molecule has 0 fully saturated rings. The zero-order valence-electron chi connectivity index (χ0n) is 29.1. The van der Waals surface area contributed by atoms with Gasteiger partial charge in [-0.1, -0.05) is 127 Å². The molecule has 7 aromatic carbocycles. The Hall–Kier alpha value is -6.86. The third-order valence-corrected chi connectivity index (χ3v) is 9.85. The molecule has 0 saturated heterocycles. The Balaban J connectivity index is 1.30. The van der Waals surface area contributed by atoms with E-state index >= 15 is 0 Å². The number of para-hydroxylation sites is 1. The third-order valence-electron chi connectivity index (χ3n) is 9.85. The van der Waals surface area contributed by atoms with Crippen LogP contribution in [0.2, 0.25) is 0 Å². The van der Waals surface area contributed by atoms with Crippen LogP contribution in [0.15, 0.2) is 170 Å². The van der Waals surface area contributed by atoms with Crippen LogP contribution in [0, 0.1) is 6.92 Å². The van der Waals surface area contributed by atoms with Gasteiger partial charge in [0, 0.05) is 33.2 Å². The van der Waals surface area contributed by atoms with E-state index in [4.69, 9.17) is 15.0 Å². The molecule has 2 aromatic heterocycles. The minimum absolute atomic E-state index is 0.410. The van der Waals surface area contributed by atoms with Gasteiger partial charge in [0.25, 0.3) is 0 Å². The summed E-state index contributed by atoms with van der Waals surface area (Å²) >= 11 is 0. The molecule has 9 aromatic rings. The number of aromatic nitrogens is 4. The van der Waals surface area contributed by atoms with Crippen LogP contribution in [0.1, 0.15) is 11.1 Å². The average molecular weight is 709 g/mol. The normalized spacial score (nSPS) is 11.7. The first-order chi connectivity index (χ1) is 26.3. The van der Waals surface area contributed by atoms with E-state index in [0.29, 0.717) is 34.2 Å². The zero-order chi connectivity index (χ0) is 36.8. The molecular formula is C47H31F3N4. The average Bonchev–Trinajstić information content (AvgIpc) is 3.54. The van der Waals surface area contributed by atoms with Gasteiger partial charge in [0.2, 0.25) is 0 Å². The summed E-state index contributed by atoms with van der Waals surface area (Å²) in [6.07, 6.45) is -4.47. The summed E-state index contributed by atoms with van der Waals surface area (Å²) < 4.78 is 43.5. The van der Waals surface area contributed by atoms with E-state index < -0.39 is 11.7 Å². The molecule has 0 bridgehead atoms. The maximum atomic E-state index is 13.8. The molecule has 0 spiro atoms. The van der Waals surface area contributed by atoms with Crippen molar-refractivity contribution in [3.05, 3.63) is 181 Å². The monoisotopic (exact) mass is 708 g/mol. The number of alkyl halides is 3. The quantitative estimate of drug-likeness (QED) is 0.173. The SMILES string of the molecule is Cc1ccccc1-c1ccc2c3ccccc3n(-c3ccc(-c4nc(-c5ccccc5)nc(-c5ccccc5)n4)c(-c4ccc(C(F)(F)F)cc4)c3)c2c1. The summed E-state index contributed by atoms with van der Waals surface area (Å²) in [5.74, 6) is 1.40. The van der Waals surface area contributed by atoms with Gasteiger partial charge >= 0.3 is 6.18 Å². The van der Waals surface area contributed by atoms with Gasteiger partial charge in [-0.3, -0.25) is 0 Å². The number of halogens is 3. The minimum atomic E-state index is -4.47. The fourth-order valence-corrected chi connectivity index (χ4v) is 7.19. The molecular weight excluding hydrogens is 678 g/mol. The minimum Gasteiger partial charge on any atom is -0.309 e. The van der Waals surface area contributed by atoms with Crippen molar-refractivity contribution in [2.24, 2.45) is 0 Å². The first-order valence-electron chi connectivity index (χ1n) is 17.6. The molecule has 4 nitrogen and oxygen atoms in total. The molecule has 54 heavy (non-hydrogen) atoms. The van der Waals surface area contributed by atoms with Gasteiger partial charge < -0.3 is 4.57 Å². The Kier molecular flexibility index (Phi) is 8.12. The highest BCUT2D eigenvalue weighted by molar-refractivity contribution is 6.10. The number of nitrogens with zero attached hydrogens (tertiary/aromatic N) is 4. The largest absolute Gasteiger partial charge is 0.416 e. The van der Waals surface area contributed by atoms with Crippen LogP contribution < -0.4 is 0 Å². The van der Waals surface area contributed by atoms with Gasteiger partial charge in [0.1, 0.15) is 0 Å². The van der Waals surface area contributed by atoms with E-state index in [-0.39, 0.29) is 0 Å². The molecule has 2 heterocycles. The molecule has 260 valence electrons. The van der Waals surface area contributed by atoms with Crippen LogP contribution >= 0.6 is 0 Å². The predicted molar refractivity (Wildman–Crippen MR) is 211 cm³/mol. The Morgan fingerprint density at radius 2 is 1.00 bits per heavy atom. The van der Waals surface area contributed by atoms with E-state index in [1.807, 2.05) is 103 Å². The van der Waals surface area contributed by atoms with Crippen molar-refractivity contribution in [3.8, 4) is 62.1 Å². The molecule has 0 atom stereocenters. The van der Waals surface area contributed by atoms with Crippen molar-refractivity contribution < 1.29 is 13.2 Å². The summed E-state index contributed by atoms with van der Waals surface area (Å²) in [6, 6.07) is 53.8. The molecule has 0 unspecified atom stereocenters. The van der Waals surface area contributed by atoms with Crippen molar-refractivity contribution in [2.45, 2.75) is 13.1 Å². The molecule has 0 saturated carbocycles. The summed E-state index contributed by atoms with van der Waals surface area (Å²) in [5, 5.41) is 2.20. The van der Waals surface area contributed by atoms with Gasteiger partial charge in [0.15, 0.2) is 17.5 Å². The summed E-state index contributed by atoms with van der Waals surface area (Å²) in [5.41, 5.74) is 9.17. The van der Waals surface area contributed by atoms with Crippen molar-refractivity contribution in [3.63, 3.8) is 0 Å². The van der Waals surface area contributed by atoms with Crippen molar-refractivity contribution in [2.75, 3.05) is 0 Å². The topological polar surface area (TPSA) is 43.6 Å². The summed E-state index contributed by atoms with van der Waals surface area (Å²) in [6.45, 7) is 2.11. The smallest absolute Gasteiger partial charge is 0.309 e.